The van der Waals surface area contributed by atoms with Gasteiger partial charge in [-0.05, 0) is 49.7 Å². The average molecular weight is 467 g/mol. The maximum Gasteiger partial charge on any atom is 0.257 e. The summed E-state index contributed by atoms with van der Waals surface area (Å²) in [5.74, 6) is 1.64. The molecule has 7 nitrogen and oxygen atoms in total. The van der Waals surface area contributed by atoms with E-state index < -0.39 is 0 Å². The van der Waals surface area contributed by atoms with Gasteiger partial charge in [-0.3, -0.25) is 4.79 Å². The van der Waals surface area contributed by atoms with Crippen molar-refractivity contribution in [2.75, 3.05) is 7.05 Å². The Balaban J connectivity index is 1.46. The Labute approximate surface area is 203 Å². The Morgan fingerprint density at radius 2 is 1.66 bits per heavy atom. The molecule has 1 amide bonds. The van der Waals surface area contributed by atoms with Crippen LogP contribution in [0, 0.1) is 20.8 Å². The van der Waals surface area contributed by atoms with Crippen molar-refractivity contribution in [3.63, 3.8) is 0 Å². The normalized spacial score (nSPS) is 11.2. The van der Waals surface area contributed by atoms with Gasteiger partial charge in [0.2, 0.25) is 0 Å². The van der Waals surface area contributed by atoms with Gasteiger partial charge in [-0.15, -0.1) is 0 Å². The predicted molar refractivity (Wildman–Crippen MR) is 134 cm³/mol. The molecule has 176 valence electrons. The van der Waals surface area contributed by atoms with Crippen LogP contribution in [0.15, 0.2) is 65.2 Å². The summed E-state index contributed by atoms with van der Waals surface area (Å²) in [6, 6.07) is 19.6. The number of nitrogens with zero attached hydrogens (tertiary/aromatic N) is 4. The first kappa shape index (κ1) is 22.5. The number of hydrogen-bond donors (Lipinski definition) is 0. The molecule has 0 N–H and O–H groups in total. The summed E-state index contributed by atoms with van der Waals surface area (Å²) < 4.78 is 11.4. The van der Waals surface area contributed by atoms with Crippen molar-refractivity contribution < 1.29 is 14.1 Å². The summed E-state index contributed by atoms with van der Waals surface area (Å²) in [4.78, 5) is 24.5. The van der Waals surface area contributed by atoms with Gasteiger partial charge in [-0.1, -0.05) is 47.6 Å². The molecule has 0 radical (unpaired) electrons. The number of ether oxygens (including phenoxy) is 1. The number of aromatic nitrogens is 3. The molecule has 0 saturated carbocycles. The molecule has 0 saturated heterocycles. The molecular formula is C28H26N4O3. The van der Waals surface area contributed by atoms with Crippen molar-refractivity contribution >= 4 is 27.6 Å². The molecule has 0 bridgehead atoms. The molecule has 35 heavy (non-hydrogen) atoms. The topological polar surface area (TPSA) is 81.4 Å². The van der Waals surface area contributed by atoms with Crippen LogP contribution < -0.4 is 4.74 Å². The zero-order valence-corrected chi connectivity index (χ0v) is 20.2. The molecular weight excluding hydrogens is 440 g/mol. The highest BCUT2D eigenvalue weighted by atomic mass is 16.5. The second-order valence-corrected chi connectivity index (χ2v) is 8.69. The molecule has 0 aliphatic rings. The van der Waals surface area contributed by atoms with E-state index in [4.69, 9.17) is 9.26 Å². The Hall–Kier alpha value is -4.26. The van der Waals surface area contributed by atoms with Gasteiger partial charge in [0.25, 0.3) is 5.91 Å². The number of fused-ring (bicyclic) bond motifs is 2. The van der Waals surface area contributed by atoms with Crippen molar-refractivity contribution in [3.8, 4) is 5.75 Å². The first-order chi connectivity index (χ1) is 16.9. The first-order valence-corrected chi connectivity index (χ1v) is 11.5. The van der Waals surface area contributed by atoms with E-state index in [1.807, 2.05) is 81.4 Å². The van der Waals surface area contributed by atoms with Crippen molar-refractivity contribution in [1.82, 2.24) is 20.0 Å². The van der Waals surface area contributed by atoms with Crippen LogP contribution in [0.25, 0.3) is 21.7 Å². The monoisotopic (exact) mass is 466 g/mol. The fourth-order valence-corrected chi connectivity index (χ4v) is 4.22. The molecule has 0 unspecified atom stereocenters. The third-order valence-corrected chi connectivity index (χ3v) is 6.20. The van der Waals surface area contributed by atoms with Crippen LogP contribution >= 0.6 is 0 Å². The zero-order chi connectivity index (χ0) is 24.5. The molecule has 5 aromatic rings. The van der Waals surface area contributed by atoms with Gasteiger partial charge in [0.15, 0.2) is 0 Å². The van der Waals surface area contributed by atoms with E-state index in [1.165, 1.54) is 0 Å². The van der Waals surface area contributed by atoms with Crippen LogP contribution in [0.3, 0.4) is 0 Å². The third kappa shape index (κ3) is 4.45. The van der Waals surface area contributed by atoms with Crippen LogP contribution in [0.2, 0.25) is 0 Å². The smallest absolute Gasteiger partial charge is 0.257 e. The molecule has 0 aliphatic carbocycles. The minimum absolute atomic E-state index is 0.168. The molecule has 2 heterocycles. The Kier molecular flexibility index (Phi) is 5.91. The second-order valence-electron chi connectivity index (χ2n) is 8.69. The van der Waals surface area contributed by atoms with Gasteiger partial charge in [0, 0.05) is 18.1 Å². The summed E-state index contributed by atoms with van der Waals surface area (Å²) in [6.45, 7) is 6.22. The largest absolute Gasteiger partial charge is 0.488 e. The van der Waals surface area contributed by atoms with Crippen LogP contribution in [-0.4, -0.2) is 33.0 Å². The van der Waals surface area contributed by atoms with E-state index in [1.54, 1.807) is 11.9 Å². The number of para-hydroxylation sites is 1. The van der Waals surface area contributed by atoms with Crippen molar-refractivity contribution in [2.45, 2.75) is 33.9 Å². The first-order valence-electron chi connectivity index (χ1n) is 11.5. The highest BCUT2D eigenvalue weighted by Gasteiger charge is 2.21. The third-order valence-electron chi connectivity index (χ3n) is 6.20. The van der Waals surface area contributed by atoms with E-state index in [0.29, 0.717) is 22.9 Å². The Bertz CT molecular complexity index is 1540. The van der Waals surface area contributed by atoms with Gasteiger partial charge in [0.05, 0.1) is 28.9 Å². The number of rotatable bonds is 6. The van der Waals surface area contributed by atoms with Gasteiger partial charge in [-0.25, -0.2) is 9.97 Å². The summed E-state index contributed by atoms with van der Waals surface area (Å²) >= 11 is 0. The number of benzene rings is 3. The SMILES string of the molecule is Cc1noc(C)c1COc1cc2ccccc2cc1C(=O)N(C)Cc1nc(C)c2ccccc2n1. The second kappa shape index (κ2) is 9.18. The Morgan fingerprint density at radius 1 is 0.943 bits per heavy atom. The molecule has 0 aliphatic heterocycles. The summed E-state index contributed by atoms with van der Waals surface area (Å²) in [6.07, 6.45) is 0. The highest BCUT2D eigenvalue weighted by molar-refractivity contribution is 6.01. The lowest BCUT2D eigenvalue weighted by Gasteiger charge is -2.20. The fourth-order valence-electron chi connectivity index (χ4n) is 4.22. The summed E-state index contributed by atoms with van der Waals surface area (Å²) in [7, 11) is 1.75. The minimum Gasteiger partial charge on any atom is -0.488 e. The molecule has 0 spiro atoms. The zero-order valence-electron chi connectivity index (χ0n) is 20.2. The average Bonchev–Trinajstić information content (AvgIpc) is 3.18. The van der Waals surface area contributed by atoms with E-state index in [9.17, 15) is 4.79 Å². The maximum absolute atomic E-state index is 13.6. The number of aryl methyl sites for hydroxylation is 3. The fraction of sp³-hybridized carbons (Fsp3) is 0.214. The lowest BCUT2D eigenvalue weighted by Crippen LogP contribution is -2.27. The van der Waals surface area contributed by atoms with Gasteiger partial charge < -0.3 is 14.2 Å². The number of carbonyl (C=O) groups excluding carboxylic acids is 1. The van der Waals surface area contributed by atoms with E-state index >= 15 is 0 Å². The molecule has 0 fully saturated rings. The quantitative estimate of drug-likeness (QED) is 0.326. The van der Waals surface area contributed by atoms with Gasteiger partial charge in [-0.2, -0.15) is 0 Å². The molecule has 5 rings (SSSR count). The summed E-state index contributed by atoms with van der Waals surface area (Å²) in [5.41, 5.74) is 3.89. The van der Waals surface area contributed by atoms with E-state index in [2.05, 4.69) is 15.1 Å². The van der Waals surface area contributed by atoms with Crippen LogP contribution in [-0.2, 0) is 13.2 Å². The number of hydrogen-bond acceptors (Lipinski definition) is 6. The van der Waals surface area contributed by atoms with Gasteiger partial charge >= 0.3 is 0 Å². The standard InChI is InChI=1S/C28H26N4O3/c1-17-22-11-7-8-12-25(22)30-27(29-17)15-32(4)28(33)23-13-20-9-5-6-10-21(20)14-26(23)34-16-24-18(2)31-35-19(24)3/h5-14H,15-16H2,1-4H3. The molecule has 0 atom stereocenters. The van der Waals surface area contributed by atoms with Gasteiger partial charge in [0.1, 0.15) is 23.9 Å². The van der Waals surface area contributed by atoms with Crippen LogP contribution in [0.5, 0.6) is 5.75 Å². The maximum atomic E-state index is 13.6. The van der Waals surface area contributed by atoms with Crippen molar-refractivity contribution in [3.05, 3.63) is 94.8 Å². The number of amides is 1. The lowest BCUT2D eigenvalue weighted by atomic mass is 10.0. The van der Waals surface area contributed by atoms with Crippen LogP contribution in [0.4, 0.5) is 0 Å². The van der Waals surface area contributed by atoms with Crippen molar-refractivity contribution in [1.29, 1.82) is 0 Å². The van der Waals surface area contributed by atoms with E-state index in [0.717, 1.165) is 38.6 Å². The molecule has 2 aromatic heterocycles. The van der Waals surface area contributed by atoms with Crippen LogP contribution in [0.1, 0.15) is 38.9 Å². The lowest BCUT2D eigenvalue weighted by molar-refractivity contribution is 0.0777. The molecule has 3 aromatic carbocycles. The Morgan fingerprint density at radius 3 is 2.40 bits per heavy atom. The minimum atomic E-state index is -0.168. The predicted octanol–water partition coefficient (Wildman–Crippen LogP) is 5.55. The summed E-state index contributed by atoms with van der Waals surface area (Å²) in [5, 5.41) is 6.96. The van der Waals surface area contributed by atoms with E-state index in [-0.39, 0.29) is 19.1 Å². The highest BCUT2D eigenvalue weighted by Crippen LogP contribution is 2.29. The molecule has 7 heteroatoms. The van der Waals surface area contributed by atoms with Crippen molar-refractivity contribution in [2.24, 2.45) is 0 Å². The number of carbonyl (C=O) groups is 1.